The summed E-state index contributed by atoms with van der Waals surface area (Å²) in [7, 11) is -7.79. The zero-order chi connectivity index (χ0) is 18.8. The Morgan fingerprint density at radius 2 is 1.54 bits per heavy atom. The van der Waals surface area contributed by atoms with Crippen LogP contribution >= 0.6 is 0 Å². The fourth-order valence-electron chi connectivity index (χ4n) is 2.18. The van der Waals surface area contributed by atoms with E-state index in [-0.39, 0.29) is 15.6 Å². The second-order valence-corrected chi connectivity index (χ2v) is 8.62. The lowest BCUT2D eigenvalue weighted by Crippen LogP contribution is -2.15. The van der Waals surface area contributed by atoms with Gasteiger partial charge in [-0.3, -0.25) is 14.4 Å². The van der Waals surface area contributed by atoms with Gasteiger partial charge in [-0.1, -0.05) is 0 Å². The number of sulfonamides is 2. The quantitative estimate of drug-likeness (QED) is 0.635. The number of hydrogen-bond acceptors (Lipinski definition) is 6. The highest BCUT2D eigenvalue weighted by Crippen LogP contribution is 2.17. The van der Waals surface area contributed by atoms with E-state index in [1.165, 1.54) is 6.07 Å². The van der Waals surface area contributed by atoms with Crippen LogP contribution in [0, 0.1) is 0 Å². The molecule has 3 rings (SSSR count). The van der Waals surface area contributed by atoms with Gasteiger partial charge in [-0.15, -0.1) is 0 Å². The monoisotopic (exact) mass is 393 g/mol. The molecule has 0 atom stereocenters. The average molecular weight is 393 g/mol. The molecule has 0 aliphatic rings. The molecule has 3 N–H and O–H groups in total. The van der Waals surface area contributed by atoms with Crippen LogP contribution in [0.5, 0.6) is 0 Å². The number of nitrogens with two attached hydrogens (primary N) is 1. The van der Waals surface area contributed by atoms with Crippen molar-refractivity contribution in [3.05, 3.63) is 66.6 Å². The number of pyridine rings is 1. The summed E-state index contributed by atoms with van der Waals surface area (Å²) >= 11 is 0. The van der Waals surface area contributed by atoms with Gasteiger partial charge in [-0.05, 0) is 42.0 Å². The van der Waals surface area contributed by atoms with E-state index in [1.54, 1.807) is 23.3 Å². The molecule has 1 aromatic carbocycles. The van der Waals surface area contributed by atoms with E-state index in [0.717, 1.165) is 29.8 Å². The molecule has 2 heterocycles. The third kappa shape index (κ3) is 4.25. The van der Waals surface area contributed by atoms with E-state index in [4.69, 9.17) is 5.14 Å². The second kappa shape index (κ2) is 6.86. The minimum absolute atomic E-state index is 0.103. The lowest BCUT2D eigenvalue weighted by Gasteiger charge is -2.06. The van der Waals surface area contributed by atoms with Crippen molar-refractivity contribution < 1.29 is 16.8 Å². The van der Waals surface area contributed by atoms with Crippen LogP contribution in [0.1, 0.15) is 5.56 Å². The van der Waals surface area contributed by atoms with E-state index in [1.807, 2.05) is 12.1 Å². The van der Waals surface area contributed by atoms with Crippen LogP contribution in [-0.2, 0) is 26.6 Å². The molecule has 0 amide bonds. The Bertz CT molecular complexity index is 1110. The van der Waals surface area contributed by atoms with Gasteiger partial charge < -0.3 is 0 Å². The summed E-state index contributed by atoms with van der Waals surface area (Å²) in [6.07, 6.45) is 4.96. The Morgan fingerprint density at radius 3 is 2.15 bits per heavy atom. The van der Waals surface area contributed by atoms with Crippen LogP contribution in [-0.4, -0.2) is 31.6 Å². The lowest BCUT2D eigenvalue weighted by atomic mass is 10.3. The maximum absolute atomic E-state index is 12.4. The number of nitrogens with one attached hydrogen (secondary N) is 1. The molecule has 0 bridgehead atoms. The molecule has 11 heteroatoms. The summed E-state index contributed by atoms with van der Waals surface area (Å²) < 4.78 is 51.2. The van der Waals surface area contributed by atoms with E-state index in [0.29, 0.717) is 6.54 Å². The molecule has 9 nitrogen and oxygen atoms in total. The van der Waals surface area contributed by atoms with Gasteiger partial charge in [0.2, 0.25) is 10.0 Å². The van der Waals surface area contributed by atoms with Crippen molar-refractivity contribution in [2.75, 3.05) is 4.72 Å². The first-order chi connectivity index (χ1) is 12.2. The Labute approximate surface area is 150 Å². The average Bonchev–Trinajstić information content (AvgIpc) is 3.01. The first-order valence-electron chi connectivity index (χ1n) is 7.32. The molecule has 3 aromatic rings. The normalized spacial score (nSPS) is 12.0. The number of aromatic nitrogens is 3. The summed E-state index contributed by atoms with van der Waals surface area (Å²) in [6, 6.07) is 9.78. The molecule has 0 spiro atoms. The predicted molar refractivity (Wildman–Crippen MR) is 94.2 cm³/mol. The summed E-state index contributed by atoms with van der Waals surface area (Å²) in [5, 5.41) is 9.16. The van der Waals surface area contributed by atoms with E-state index in [2.05, 4.69) is 14.8 Å². The number of nitrogens with zero attached hydrogens (tertiary/aromatic N) is 3. The molecule has 0 aliphatic heterocycles. The molecule has 0 fully saturated rings. The van der Waals surface area contributed by atoms with Crippen molar-refractivity contribution in [1.29, 1.82) is 0 Å². The molecule has 0 radical (unpaired) electrons. The minimum Gasteiger partial charge on any atom is -0.266 e. The highest BCUT2D eigenvalue weighted by Gasteiger charge is 2.17. The van der Waals surface area contributed by atoms with Gasteiger partial charge in [0.05, 0.1) is 16.3 Å². The van der Waals surface area contributed by atoms with Crippen LogP contribution in [0.15, 0.2) is 70.8 Å². The maximum atomic E-state index is 12.4. The van der Waals surface area contributed by atoms with Crippen molar-refractivity contribution in [2.45, 2.75) is 16.3 Å². The van der Waals surface area contributed by atoms with Crippen LogP contribution in [0.3, 0.4) is 0 Å². The highest BCUT2D eigenvalue weighted by atomic mass is 32.2. The first-order valence-corrected chi connectivity index (χ1v) is 10.3. The molecular weight excluding hydrogens is 378 g/mol. The van der Waals surface area contributed by atoms with Gasteiger partial charge in [0, 0.05) is 24.7 Å². The predicted octanol–water partition coefficient (Wildman–Crippen LogP) is 0.775. The Hall–Kier alpha value is -2.76. The summed E-state index contributed by atoms with van der Waals surface area (Å²) in [5.41, 5.74) is 0.969. The summed E-state index contributed by atoms with van der Waals surface area (Å²) in [4.78, 5) is 3.66. The van der Waals surface area contributed by atoms with Crippen molar-refractivity contribution in [1.82, 2.24) is 14.8 Å². The van der Waals surface area contributed by atoms with Crippen molar-refractivity contribution >= 4 is 25.9 Å². The van der Waals surface area contributed by atoms with Crippen LogP contribution in [0.2, 0.25) is 0 Å². The Kier molecular flexibility index (Phi) is 4.76. The summed E-state index contributed by atoms with van der Waals surface area (Å²) in [5.74, 6) is 0.148. The largest absolute Gasteiger partial charge is 0.266 e. The Balaban J connectivity index is 1.75. The van der Waals surface area contributed by atoms with Gasteiger partial charge in [0.1, 0.15) is 0 Å². The highest BCUT2D eigenvalue weighted by molar-refractivity contribution is 7.92. The van der Waals surface area contributed by atoms with Crippen LogP contribution < -0.4 is 9.86 Å². The van der Waals surface area contributed by atoms with Crippen LogP contribution in [0.25, 0.3) is 0 Å². The molecular formula is C15H15N5O4S2. The molecule has 0 saturated carbocycles. The van der Waals surface area contributed by atoms with Crippen LogP contribution in [0.4, 0.5) is 5.82 Å². The standard InChI is InChI=1S/C15H15N5O4S2/c16-25(21,22)13-1-3-14(4-2-13)26(23,24)19-15-7-10-20(18-15)11-12-5-8-17-9-6-12/h1-10H,11H2,(H,18,19)(H2,16,21,22). The maximum Gasteiger partial charge on any atom is 0.263 e. The number of hydrogen-bond donors (Lipinski definition) is 2. The van der Waals surface area contributed by atoms with E-state index >= 15 is 0 Å². The van der Waals surface area contributed by atoms with Gasteiger partial charge in [0.25, 0.3) is 10.0 Å². The van der Waals surface area contributed by atoms with Gasteiger partial charge >= 0.3 is 0 Å². The molecule has 26 heavy (non-hydrogen) atoms. The molecule has 136 valence electrons. The second-order valence-electron chi connectivity index (χ2n) is 5.38. The molecule has 2 aromatic heterocycles. The smallest absolute Gasteiger partial charge is 0.263 e. The topological polar surface area (TPSA) is 137 Å². The minimum atomic E-state index is -3.91. The fraction of sp³-hybridized carbons (Fsp3) is 0.0667. The summed E-state index contributed by atoms with van der Waals surface area (Å²) in [6.45, 7) is 0.466. The molecule has 0 saturated heterocycles. The zero-order valence-electron chi connectivity index (χ0n) is 13.3. The molecule has 0 unspecified atom stereocenters. The number of rotatable bonds is 6. The SMILES string of the molecule is NS(=O)(=O)c1ccc(S(=O)(=O)Nc2ccn(Cc3ccncc3)n2)cc1. The number of benzene rings is 1. The van der Waals surface area contributed by atoms with Gasteiger partial charge in [-0.25, -0.2) is 22.0 Å². The lowest BCUT2D eigenvalue weighted by molar-refractivity contribution is 0.595. The number of primary sulfonamides is 1. The number of anilines is 1. The first kappa shape index (κ1) is 18.0. The molecule has 0 aliphatic carbocycles. The van der Waals surface area contributed by atoms with E-state index in [9.17, 15) is 16.8 Å². The third-order valence-corrected chi connectivity index (χ3v) is 5.74. The van der Waals surface area contributed by atoms with Crippen molar-refractivity contribution in [3.63, 3.8) is 0 Å². The van der Waals surface area contributed by atoms with Gasteiger partial charge in [0.15, 0.2) is 5.82 Å². The van der Waals surface area contributed by atoms with Crippen molar-refractivity contribution in [3.8, 4) is 0 Å². The zero-order valence-corrected chi connectivity index (χ0v) is 15.0. The van der Waals surface area contributed by atoms with Crippen molar-refractivity contribution in [2.24, 2.45) is 5.14 Å². The Morgan fingerprint density at radius 1 is 0.923 bits per heavy atom. The van der Waals surface area contributed by atoms with E-state index < -0.39 is 20.0 Å². The fourth-order valence-corrected chi connectivity index (χ4v) is 3.70. The van der Waals surface area contributed by atoms with Gasteiger partial charge in [-0.2, -0.15) is 5.10 Å². The third-order valence-electron chi connectivity index (χ3n) is 3.44.